The van der Waals surface area contributed by atoms with Crippen LogP contribution in [0.15, 0.2) is 12.2 Å². The van der Waals surface area contributed by atoms with E-state index < -0.39 is 20.0 Å². The quantitative estimate of drug-likeness (QED) is 0.0243. The van der Waals surface area contributed by atoms with Gasteiger partial charge in [-0.2, -0.15) is 0 Å². The fraction of sp³-hybridized carbons (Fsp3) is 0.948. The summed E-state index contributed by atoms with van der Waals surface area (Å²) in [7, 11) is 1.63. The summed E-state index contributed by atoms with van der Waals surface area (Å²) in [4.78, 5) is 23.3. The maximum Gasteiger partial charge on any atom is 0.472 e. The molecule has 0 fully saturated rings. The van der Waals surface area contributed by atoms with Gasteiger partial charge in [-0.25, -0.2) is 4.57 Å². The number of carbonyl (C=O) groups is 1. The molecule has 0 spiro atoms. The highest BCUT2D eigenvalue weighted by molar-refractivity contribution is 7.47. The monoisotopic (exact) mass is 970 g/mol. The van der Waals surface area contributed by atoms with Crippen molar-refractivity contribution in [2.24, 2.45) is 0 Å². The smallest absolute Gasteiger partial charge is 0.391 e. The number of hydrogen-bond donors (Lipinski definition) is 3. The number of carbonyl (C=O) groups excluding carboxylic acids is 1. The summed E-state index contributed by atoms with van der Waals surface area (Å²) in [6, 6.07) is -0.756. The van der Waals surface area contributed by atoms with E-state index >= 15 is 0 Å². The number of phosphoric ester groups is 1. The van der Waals surface area contributed by atoms with Gasteiger partial charge in [0.25, 0.3) is 0 Å². The minimum absolute atomic E-state index is 0.0779. The van der Waals surface area contributed by atoms with Gasteiger partial charge < -0.3 is 19.8 Å². The molecule has 0 aliphatic rings. The van der Waals surface area contributed by atoms with Crippen LogP contribution in [0.2, 0.25) is 0 Å². The molecule has 67 heavy (non-hydrogen) atoms. The Labute approximate surface area is 418 Å². The zero-order valence-corrected chi connectivity index (χ0v) is 46.6. The van der Waals surface area contributed by atoms with Gasteiger partial charge >= 0.3 is 7.82 Å². The Hall–Kier alpha value is -0.760. The average Bonchev–Trinajstić information content (AvgIpc) is 3.29. The summed E-state index contributed by atoms with van der Waals surface area (Å²) in [5, 5.41) is 14.1. The van der Waals surface area contributed by atoms with Crippen molar-refractivity contribution >= 4 is 13.7 Å². The number of nitrogens with zero attached hydrogens (tertiary/aromatic N) is 1. The first-order valence-electron chi connectivity index (χ1n) is 29.6. The van der Waals surface area contributed by atoms with Crippen LogP contribution in [0.25, 0.3) is 0 Å². The zero-order valence-electron chi connectivity index (χ0n) is 45.7. The predicted octanol–water partition coefficient (Wildman–Crippen LogP) is 17.8. The fourth-order valence-electron chi connectivity index (χ4n) is 9.10. The maximum absolute atomic E-state index is 13.0. The standard InChI is InChI=1S/C58H117N2O6P/c1-6-8-10-12-14-16-18-20-22-24-25-26-27-28-29-30-31-32-33-34-35-36-38-40-42-44-46-48-50-52-58(62)59-56(55-66-67(63,64)65-54-53-60(3,4)5)57(61)51-49-47-45-43-41-39-37-23-21-19-17-15-13-11-9-7-2/h24-25,56-57,61H,6-23,26-55H2,1-5H3,(H-,59,62,63,64)/p+1/b25-24-. The van der Waals surface area contributed by atoms with Crippen molar-refractivity contribution in [2.75, 3.05) is 40.9 Å². The van der Waals surface area contributed by atoms with Gasteiger partial charge in [0.05, 0.1) is 39.9 Å². The number of likely N-dealkylation sites (N-methyl/N-ethyl adjacent to an activating group) is 1. The van der Waals surface area contributed by atoms with Crippen molar-refractivity contribution in [1.29, 1.82) is 0 Å². The second kappa shape index (κ2) is 50.2. The van der Waals surface area contributed by atoms with Gasteiger partial charge in [-0.15, -0.1) is 0 Å². The molecule has 3 N–H and O–H groups in total. The molecule has 400 valence electrons. The first-order valence-corrected chi connectivity index (χ1v) is 31.0. The van der Waals surface area contributed by atoms with Crippen LogP contribution < -0.4 is 5.32 Å². The van der Waals surface area contributed by atoms with Crippen molar-refractivity contribution in [3.8, 4) is 0 Å². The molecule has 3 atom stereocenters. The van der Waals surface area contributed by atoms with E-state index in [2.05, 4.69) is 31.3 Å². The van der Waals surface area contributed by atoms with E-state index in [-0.39, 0.29) is 19.1 Å². The third-order valence-corrected chi connectivity index (χ3v) is 14.7. The lowest BCUT2D eigenvalue weighted by molar-refractivity contribution is -0.870. The van der Waals surface area contributed by atoms with Crippen LogP contribution in [0.1, 0.15) is 303 Å². The number of unbranched alkanes of at least 4 members (excludes halogenated alkanes) is 40. The number of nitrogens with one attached hydrogen (secondary N) is 1. The van der Waals surface area contributed by atoms with Crippen molar-refractivity contribution in [3.05, 3.63) is 12.2 Å². The van der Waals surface area contributed by atoms with E-state index in [9.17, 15) is 19.4 Å². The highest BCUT2D eigenvalue weighted by Gasteiger charge is 2.28. The lowest BCUT2D eigenvalue weighted by Crippen LogP contribution is -2.46. The molecule has 9 heteroatoms. The van der Waals surface area contributed by atoms with Crippen molar-refractivity contribution in [3.63, 3.8) is 0 Å². The van der Waals surface area contributed by atoms with E-state index in [0.29, 0.717) is 23.9 Å². The van der Waals surface area contributed by atoms with Crippen molar-refractivity contribution in [1.82, 2.24) is 5.32 Å². The van der Waals surface area contributed by atoms with Gasteiger partial charge in [-0.1, -0.05) is 270 Å². The molecule has 0 aromatic carbocycles. The van der Waals surface area contributed by atoms with Crippen LogP contribution in [0, 0.1) is 0 Å². The zero-order chi connectivity index (χ0) is 49.2. The molecule has 0 aromatic heterocycles. The Morgan fingerprint density at radius 3 is 1.15 bits per heavy atom. The highest BCUT2D eigenvalue weighted by Crippen LogP contribution is 2.43. The Morgan fingerprint density at radius 2 is 0.806 bits per heavy atom. The van der Waals surface area contributed by atoms with Gasteiger partial charge in [0.2, 0.25) is 5.91 Å². The predicted molar refractivity (Wildman–Crippen MR) is 291 cm³/mol. The molecule has 0 aliphatic carbocycles. The molecule has 0 bridgehead atoms. The number of aliphatic hydroxyl groups excluding tert-OH is 1. The number of aliphatic hydroxyl groups is 1. The Balaban J connectivity index is 4.04. The third-order valence-electron chi connectivity index (χ3n) is 13.8. The summed E-state index contributed by atoms with van der Waals surface area (Å²) in [6.45, 7) is 4.93. The van der Waals surface area contributed by atoms with Crippen LogP contribution in [0.3, 0.4) is 0 Å². The lowest BCUT2D eigenvalue weighted by atomic mass is 10.0. The molecule has 0 aromatic rings. The average molecular weight is 971 g/mol. The van der Waals surface area contributed by atoms with E-state index in [1.165, 1.54) is 238 Å². The van der Waals surface area contributed by atoms with Crippen molar-refractivity contribution < 1.29 is 32.9 Å². The van der Waals surface area contributed by atoms with E-state index in [1.54, 1.807) is 0 Å². The normalized spacial score (nSPS) is 14.0. The minimum Gasteiger partial charge on any atom is -0.391 e. The molecular formula is C58H118N2O6P+. The SMILES string of the molecule is CCCCCCCCCC/C=C\CCCCCCCCCCCCCCCCCCCC(=O)NC(COP(=O)(O)OCC[N+](C)(C)C)C(O)CCCCCCCCCCCCCCCCCC. The van der Waals surface area contributed by atoms with E-state index in [0.717, 1.165) is 38.5 Å². The summed E-state index contributed by atoms with van der Waals surface area (Å²) in [5.41, 5.74) is 0. The van der Waals surface area contributed by atoms with Crippen LogP contribution in [0.4, 0.5) is 0 Å². The van der Waals surface area contributed by atoms with Crippen molar-refractivity contribution in [2.45, 2.75) is 315 Å². The van der Waals surface area contributed by atoms with E-state index in [4.69, 9.17) is 9.05 Å². The molecule has 0 heterocycles. The highest BCUT2D eigenvalue weighted by atomic mass is 31.2. The molecule has 1 amide bonds. The van der Waals surface area contributed by atoms with Crippen LogP contribution >= 0.6 is 7.82 Å². The third kappa shape index (κ3) is 52.9. The molecule has 3 unspecified atom stereocenters. The van der Waals surface area contributed by atoms with Gasteiger partial charge in [-0.3, -0.25) is 13.8 Å². The first-order chi connectivity index (χ1) is 32.5. The Kier molecular flexibility index (Phi) is 49.6. The maximum atomic E-state index is 13.0. The van der Waals surface area contributed by atoms with Gasteiger partial charge in [0.15, 0.2) is 0 Å². The molecule has 0 radical (unpaired) electrons. The first kappa shape index (κ1) is 66.2. The van der Waals surface area contributed by atoms with Crippen LogP contribution in [-0.4, -0.2) is 73.4 Å². The number of hydrogen-bond acceptors (Lipinski definition) is 5. The minimum atomic E-state index is -4.32. The summed E-state index contributed by atoms with van der Waals surface area (Å²) in [6.07, 6.45) is 61.3. The molecule has 8 nitrogen and oxygen atoms in total. The largest absolute Gasteiger partial charge is 0.472 e. The molecular weight excluding hydrogens is 852 g/mol. The van der Waals surface area contributed by atoms with Gasteiger partial charge in [0, 0.05) is 6.42 Å². The summed E-state index contributed by atoms with van der Waals surface area (Å²) < 4.78 is 23.8. The number of rotatable bonds is 55. The second-order valence-corrected chi connectivity index (χ2v) is 23.2. The Morgan fingerprint density at radius 1 is 0.493 bits per heavy atom. The Bertz CT molecular complexity index is 1100. The lowest BCUT2D eigenvalue weighted by Gasteiger charge is -2.26. The summed E-state index contributed by atoms with van der Waals surface area (Å²) in [5.74, 6) is -0.138. The summed E-state index contributed by atoms with van der Waals surface area (Å²) >= 11 is 0. The number of phosphoric acid groups is 1. The second-order valence-electron chi connectivity index (χ2n) is 21.7. The van der Waals surface area contributed by atoms with Crippen LogP contribution in [-0.2, 0) is 18.4 Å². The topological polar surface area (TPSA) is 105 Å². The fourth-order valence-corrected chi connectivity index (χ4v) is 9.84. The van der Waals surface area contributed by atoms with E-state index in [1.807, 2.05) is 21.1 Å². The molecule has 0 saturated heterocycles. The molecule has 0 saturated carbocycles. The van der Waals surface area contributed by atoms with Gasteiger partial charge in [-0.05, 0) is 38.5 Å². The number of quaternary nitrogens is 1. The molecule has 0 aliphatic heterocycles. The number of amides is 1. The van der Waals surface area contributed by atoms with Crippen LogP contribution in [0.5, 0.6) is 0 Å². The molecule has 0 rings (SSSR count). The van der Waals surface area contributed by atoms with Gasteiger partial charge in [0.1, 0.15) is 13.2 Å². The number of allylic oxidation sites excluding steroid dienone is 2.